The van der Waals surface area contributed by atoms with E-state index in [0.717, 1.165) is 22.8 Å². The van der Waals surface area contributed by atoms with Crippen LogP contribution in [0.15, 0.2) is 24.3 Å². The molecule has 1 aromatic rings. The molecule has 23 heavy (non-hydrogen) atoms. The van der Waals surface area contributed by atoms with Crippen molar-refractivity contribution in [1.82, 2.24) is 0 Å². The first kappa shape index (κ1) is 22.0. The summed E-state index contributed by atoms with van der Waals surface area (Å²) in [6.07, 6.45) is 0. The standard InChI is InChI=1S/C12H16NO2S.F6P/c13-9-11-1-3-12(4-2-11)10-16(7-5-14)8-6-15;1-7(2,3,4,5)6/h1-4,14-15H,5-8,10H2;/q+1;-1. The maximum Gasteiger partial charge on any atom is 0.133 e. The van der Waals surface area contributed by atoms with Gasteiger partial charge in [0.05, 0.1) is 24.8 Å². The monoisotopic (exact) mass is 383 g/mol. The van der Waals surface area contributed by atoms with E-state index < -0.39 is 7.81 Å². The van der Waals surface area contributed by atoms with E-state index in [1.165, 1.54) is 0 Å². The molecule has 0 amide bonds. The quantitative estimate of drug-likeness (QED) is 0.443. The van der Waals surface area contributed by atoms with E-state index in [-0.39, 0.29) is 24.1 Å². The molecule has 0 aliphatic rings. The number of aliphatic hydroxyl groups is 2. The minimum Gasteiger partial charge on any atom is -0.391 e. The average molecular weight is 383 g/mol. The van der Waals surface area contributed by atoms with Crippen molar-refractivity contribution < 1.29 is 35.4 Å². The molecule has 134 valence electrons. The molecule has 0 aliphatic carbocycles. The van der Waals surface area contributed by atoms with Crippen molar-refractivity contribution in [2.75, 3.05) is 24.7 Å². The second kappa shape index (κ2) is 7.71. The van der Waals surface area contributed by atoms with E-state index in [4.69, 9.17) is 15.5 Å². The number of hydrogen-bond acceptors (Lipinski definition) is 3. The average Bonchev–Trinajstić information content (AvgIpc) is 2.36. The zero-order valence-corrected chi connectivity index (χ0v) is 13.5. The van der Waals surface area contributed by atoms with Crippen LogP contribution in [0, 0.1) is 11.3 Å². The maximum absolute atomic E-state index is 10.7. The van der Waals surface area contributed by atoms with Crippen LogP contribution in [0.4, 0.5) is 25.2 Å². The van der Waals surface area contributed by atoms with Crippen LogP contribution in [-0.2, 0) is 16.6 Å². The van der Waals surface area contributed by atoms with E-state index in [9.17, 15) is 25.2 Å². The van der Waals surface area contributed by atoms with Crippen LogP contribution in [0.1, 0.15) is 11.1 Å². The van der Waals surface area contributed by atoms with Gasteiger partial charge in [-0.25, -0.2) is 0 Å². The van der Waals surface area contributed by atoms with Gasteiger partial charge in [-0.2, -0.15) is 5.26 Å². The zero-order chi connectivity index (χ0) is 18.2. The first-order valence-corrected chi connectivity index (χ1v) is 9.92. The van der Waals surface area contributed by atoms with Crippen LogP contribution < -0.4 is 0 Å². The first-order valence-electron chi connectivity index (χ1n) is 6.16. The molecular formula is C12H16F6NO2PS. The maximum atomic E-state index is 9.87. The van der Waals surface area contributed by atoms with Gasteiger partial charge in [0.25, 0.3) is 0 Å². The largest absolute Gasteiger partial charge is 0.391 e. The molecule has 0 unspecified atom stereocenters. The van der Waals surface area contributed by atoms with Gasteiger partial charge in [0, 0.05) is 5.56 Å². The van der Waals surface area contributed by atoms with Crippen LogP contribution in [0.2, 0.25) is 0 Å². The fraction of sp³-hybridized carbons (Fsp3) is 0.417. The summed E-state index contributed by atoms with van der Waals surface area (Å²) in [5, 5.41) is 26.5. The van der Waals surface area contributed by atoms with Crippen LogP contribution in [0.3, 0.4) is 0 Å². The van der Waals surface area contributed by atoms with Gasteiger partial charge in [0.15, 0.2) is 0 Å². The molecule has 0 fully saturated rings. The number of nitriles is 1. The Morgan fingerprint density at radius 1 is 0.913 bits per heavy atom. The molecule has 0 atom stereocenters. The summed E-state index contributed by atoms with van der Waals surface area (Å²) in [5.74, 6) is 2.34. The van der Waals surface area contributed by atoms with Gasteiger partial charge in [-0.1, -0.05) is 12.1 Å². The third kappa shape index (κ3) is 17.2. The Bertz CT molecular complexity index is 511. The number of hydrogen-bond donors (Lipinski definition) is 2. The van der Waals surface area contributed by atoms with Gasteiger partial charge in [-0.15, -0.1) is 0 Å². The molecule has 0 saturated heterocycles. The third-order valence-electron chi connectivity index (χ3n) is 2.21. The number of rotatable bonds is 6. The van der Waals surface area contributed by atoms with E-state index in [1.807, 2.05) is 12.1 Å². The molecule has 0 radical (unpaired) electrons. The second-order valence-electron chi connectivity index (χ2n) is 4.38. The van der Waals surface area contributed by atoms with Gasteiger partial charge < -0.3 is 10.2 Å². The summed E-state index contributed by atoms with van der Waals surface area (Å²) in [5.41, 5.74) is 1.82. The van der Waals surface area contributed by atoms with Crippen LogP contribution >= 0.6 is 7.81 Å². The fourth-order valence-corrected chi connectivity index (χ4v) is 3.09. The van der Waals surface area contributed by atoms with E-state index in [0.29, 0.717) is 5.56 Å². The molecule has 0 aromatic heterocycles. The van der Waals surface area contributed by atoms with Crippen molar-refractivity contribution in [2.45, 2.75) is 5.75 Å². The predicted octanol–water partition coefficient (Wildman–Crippen LogP) is 4.04. The molecule has 3 nitrogen and oxygen atoms in total. The van der Waals surface area contributed by atoms with E-state index in [2.05, 4.69) is 6.07 Å². The Balaban J connectivity index is 0.000000585. The fourth-order valence-electron chi connectivity index (χ4n) is 1.42. The van der Waals surface area contributed by atoms with Gasteiger partial charge >= 0.3 is 33.0 Å². The molecule has 0 aliphatic heterocycles. The second-order valence-corrected chi connectivity index (χ2v) is 8.63. The van der Waals surface area contributed by atoms with Gasteiger partial charge in [-0.05, 0) is 23.0 Å². The number of nitrogens with zero attached hydrogens (tertiary/aromatic N) is 1. The van der Waals surface area contributed by atoms with Crippen LogP contribution in [0.5, 0.6) is 0 Å². The van der Waals surface area contributed by atoms with Gasteiger partial charge in [0.2, 0.25) is 0 Å². The molecule has 2 N–H and O–H groups in total. The Morgan fingerprint density at radius 3 is 1.61 bits per heavy atom. The number of benzene rings is 1. The van der Waals surface area contributed by atoms with Crippen molar-refractivity contribution in [3.05, 3.63) is 35.4 Å². The summed E-state index contributed by atoms with van der Waals surface area (Å²) >= 11 is 0. The molecule has 11 heteroatoms. The SMILES string of the molecule is F[P-](F)(F)(F)(F)F.N#Cc1ccc(C[S+](CCO)CCO)cc1. The Kier molecular flexibility index (Phi) is 7.37. The summed E-state index contributed by atoms with van der Waals surface area (Å²) in [7, 11) is -10.6. The molecular weight excluding hydrogens is 367 g/mol. The van der Waals surface area contributed by atoms with Crippen LogP contribution in [0.25, 0.3) is 0 Å². The number of aliphatic hydroxyl groups excluding tert-OH is 2. The summed E-state index contributed by atoms with van der Waals surface area (Å²) < 4.78 is 59.2. The van der Waals surface area contributed by atoms with Crippen molar-refractivity contribution in [2.24, 2.45) is 0 Å². The van der Waals surface area contributed by atoms with Crippen molar-refractivity contribution in [3.8, 4) is 6.07 Å². The van der Waals surface area contributed by atoms with Crippen molar-refractivity contribution in [3.63, 3.8) is 0 Å². The third-order valence-corrected chi connectivity index (χ3v) is 4.48. The smallest absolute Gasteiger partial charge is 0.133 e. The Labute approximate surface area is 132 Å². The topological polar surface area (TPSA) is 64.2 Å². The molecule has 0 saturated carbocycles. The normalized spacial score (nSPS) is 14.3. The minimum atomic E-state index is -10.7. The van der Waals surface area contributed by atoms with Crippen LogP contribution in [-0.4, -0.2) is 34.9 Å². The van der Waals surface area contributed by atoms with E-state index >= 15 is 0 Å². The van der Waals surface area contributed by atoms with Gasteiger partial charge in [0.1, 0.15) is 17.3 Å². The molecule has 0 spiro atoms. The van der Waals surface area contributed by atoms with E-state index in [1.54, 1.807) is 12.1 Å². The molecule has 1 rings (SSSR count). The zero-order valence-electron chi connectivity index (χ0n) is 11.8. The summed E-state index contributed by atoms with van der Waals surface area (Å²) in [6, 6.07) is 9.56. The Morgan fingerprint density at radius 2 is 1.30 bits per heavy atom. The summed E-state index contributed by atoms with van der Waals surface area (Å²) in [6.45, 7) is 0.332. The predicted molar refractivity (Wildman–Crippen MR) is 79.7 cm³/mol. The minimum absolute atomic E-state index is 0.0330. The Hall–Kier alpha value is -1.01. The first-order chi connectivity index (χ1) is 10.2. The summed E-state index contributed by atoms with van der Waals surface area (Å²) in [4.78, 5) is 0. The van der Waals surface area contributed by atoms with Gasteiger partial charge in [-0.3, -0.25) is 0 Å². The van der Waals surface area contributed by atoms with Crippen molar-refractivity contribution >= 4 is 18.7 Å². The number of halogens is 6. The van der Waals surface area contributed by atoms with Crippen molar-refractivity contribution in [1.29, 1.82) is 5.26 Å². The molecule has 0 bridgehead atoms. The molecule has 1 aromatic carbocycles. The molecule has 0 heterocycles.